The van der Waals surface area contributed by atoms with Gasteiger partial charge in [0.15, 0.2) is 11.5 Å². The summed E-state index contributed by atoms with van der Waals surface area (Å²) in [4.78, 5) is 18.2. The molecule has 2 heterocycles. The normalized spacial score (nSPS) is 18.8. The molecule has 0 radical (unpaired) electrons. The summed E-state index contributed by atoms with van der Waals surface area (Å²) in [7, 11) is 3.19. The van der Waals surface area contributed by atoms with Gasteiger partial charge in [0.25, 0.3) is 5.91 Å². The first-order chi connectivity index (χ1) is 14.2. The second kappa shape index (κ2) is 11.4. The fourth-order valence-electron chi connectivity index (χ4n) is 4.48. The monoisotopic (exact) mass is 404 g/mol. The predicted molar refractivity (Wildman–Crippen MR) is 114 cm³/mol. The van der Waals surface area contributed by atoms with Gasteiger partial charge in [0.1, 0.15) is 0 Å². The zero-order valence-electron chi connectivity index (χ0n) is 18.0. The van der Waals surface area contributed by atoms with Crippen LogP contribution in [0.3, 0.4) is 0 Å². The number of likely N-dealkylation sites (tertiary alicyclic amines) is 1. The molecule has 0 bridgehead atoms. The third-order valence-corrected chi connectivity index (χ3v) is 6.10. The number of hydrogen-bond donors (Lipinski definition) is 0. The second-order valence-electron chi connectivity index (χ2n) is 7.99. The summed E-state index contributed by atoms with van der Waals surface area (Å²) in [6, 6.07) is 5.74. The summed E-state index contributed by atoms with van der Waals surface area (Å²) in [6.07, 6.45) is 8.06. The molecule has 1 amide bonds. The van der Waals surface area contributed by atoms with Crippen LogP contribution in [-0.2, 0) is 4.74 Å². The molecule has 162 valence electrons. The van der Waals surface area contributed by atoms with E-state index in [9.17, 15) is 4.79 Å². The Morgan fingerprint density at radius 1 is 1.10 bits per heavy atom. The van der Waals surface area contributed by atoms with Crippen molar-refractivity contribution < 1.29 is 19.0 Å². The van der Waals surface area contributed by atoms with Gasteiger partial charge in [0, 0.05) is 25.8 Å². The maximum Gasteiger partial charge on any atom is 0.258 e. The van der Waals surface area contributed by atoms with E-state index in [4.69, 9.17) is 14.2 Å². The zero-order chi connectivity index (χ0) is 20.5. The van der Waals surface area contributed by atoms with Crippen LogP contribution < -0.4 is 9.47 Å². The molecule has 0 N–H and O–H groups in total. The van der Waals surface area contributed by atoms with E-state index in [1.807, 2.05) is 18.2 Å². The third kappa shape index (κ3) is 5.86. The Labute approximate surface area is 175 Å². The molecule has 6 heteroatoms. The van der Waals surface area contributed by atoms with Crippen LogP contribution in [0.1, 0.15) is 55.3 Å². The van der Waals surface area contributed by atoms with E-state index in [1.165, 1.54) is 38.8 Å². The fourth-order valence-corrected chi connectivity index (χ4v) is 4.48. The van der Waals surface area contributed by atoms with Crippen molar-refractivity contribution in [1.82, 2.24) is 9.80 Å². The number of hydrogen-bond acceptors (Lipinski definition) is 5. The van der Waals surface area contributed by atoms with Crippen molar-refractivity contribution in [3.63, 3.8) is 0 Å². The number of carbonyl (C=O) groups excluding carboxylic acids is 1. The van der Waals surface area contributed by atoms with Gasteiger partial charge in [0.05, 0.1) is 19.8 Å². The molecule has 0 aliphatic carbocycles. The lowest BCUT2D eigenvalue weighted by Gasteiger charge is -2.35. The molecule has 2 aliphatic heterocycles. The van der Waals surface area contributed by atoms with Crippen molar-refractivity contribution in [2.75, 3.05) is 53.6 Å². The molecule has 0 atom stereocenters. The molecule has 1 aromatic carbocycles. The highest BCUT2D eigenvalue weighted by Crippen LogP contribution is 2.32. The number of methoxy groups -OCH3 is 2. The number of rotatable bonds is 8. The topological polar surface area (TPSA) is 51.2 Å². The number of benzene rings is 1. The first kappa shape index (κ1) is 21.9. The molecular formula is C23H36N2O4. The Morgan fingerprint density at radius 3 is 2.48 bits per heavy atom. The largest absolute Gasteiger partial charge is 0.493 e. The fraction of sp³-hybridized carbons (Fsp3) is 0.696. The lowest BCUT2D eigenvalue weighted by atomic mass is 10.0. The van der Waals surface area contributed by atoms with Gasteiger partial charge in [0.2, 0.25) is 0 Å². The van der Waals surface area contributed by atoms with Crippen LogP contribution in [0.5, 0.6) is 11.5 Å². The highest BCUT2D eigenvalue weighted by Gasteiger charge is 2.29. The molecule has 0 unspecified atom stereocenters. The number of nitrogens with zero attached hydrogens (tertiary/aromatic N) is 2. The van der Waals surface area contributed by atoms with Crippen molar-refractivity contribution in [3.05, 3.63) is 23.8 Å². The quantitative estimate of drug-likeness (QED) is 0.663. The molecular weight excluding hydrogens is 368 g/mol. The van der Waals surface area contributed by atoms with Gasteiger partial charge in [-0.3, -0.25) is 4.79 Å². The van der Waals surface area contributed by atoms with Crippen LogP contribution in [0.4, 0.5) is 0 Å². The Kier molecular flexibility index (Phi) is 8.62. The smallest absolute Gasteiger partial charge is 0.258 e. The lowest BCUT2D eigenvalue weighted by molar-refractivity contribution is 0.0278. The second-order valence-corrected chi connectivity index (χ2v) is 7.99. The number of para-hydroxylation sites is 1. The molecule has 0 saturated carbocycles. The van der Waals surface area contributed by atoms with Crippen LogP contribution in [-0.4, -0.2) is 75.4 Å². The first-order valence-corrected chi connectivity index (χ1v) is 11.1. The van der Waals surface area contributed by atoms with E-state index in [1.54, 1.807) is 14.2 Å². The minimum Gasteiger partial charge on any atom is -0.493 e. The lowest BCUT2D eigenvalue weighted by Crippen LogP contribution is -2.44. The average molecular weight is 405 g/mol. The van der Waals surface area contributed by atoms with Crippen LogP contribution in [0.25, 0.3) is 0 Å². The molecule has 3 rings (SSSR count). The Hall–Kier alpha value is -1.79. The van der Waals surface area contributed by atoms with Gasteiger partial charge in [-0.15, -0.1) is 0 Å². The van der Waals surface area contributed by atoms with E-state index in [0.717, 1.165) is 45.6 Å². The maximum atomic E-state index is 13.6. The van der Waals surface area contributed by atoms with Crippen LogP contribution >= 0.6 is 0 Å². The van der Waals surface area contributed by atoms with Crippen LogP contribution in [0.15, 0.2) is 18.2 Å². The van der Waals surface area contributed by atoms with E-state index < -0.39 is 0 Å². The predicted octanol–water partition coefficient (Wildman–Crippen LogP) is 3.59. The minimum atomic E-state index is 0.0310. The number of ether oxygens (including phenoxy) is 3. The standard InChI is InChI=1S/C23H36N2O4/c1-27-21-10-7-9-20(22(21)28-2)23(26)25(19-11-17-29-18-12-19)16-8-15-24-13-5-3-4-6-14-24/h7,9-10,19H,3-6,8,11-18H2,1-2H3. The van der Waals surface area contributed by atoms with Gasteiger partial charge in [-0.2, -0.15) is 0 Å². The molecule has 2 fully saturated rings. The summed E-state index contributed by atoms with van der Waals surface area (Å²) >= 11 is 0. The van der Waals surface area contributed by atoms with Crippen molar-refractivity contribution in [1.29, 1.82) is 0 Å². The van der Waals surface area contributed by atoms with E-state index >= 15 is 0 Å². The summed E-state index contributed by atoms with van der Waals surface area (Å²) in [5, 5.41) is 0. The number of amides is 1. The van der Waals surface area contributed by atoms with Crippen LogP contribution in [0, 0.1) is 0 Å². The molecule has 29 heavy (non-hydrogen) atoms. The molecule has 2 saturated heterocycles. The third-order valence-electron chi connectivity index (χ3n) is 6.10. The van der Waals surface area contributed by atoms with E-state index in [-0.39, 0.29) is 11.9 Å². The van der Waals surface area contributed by atoms with Crippen molar-refractivity contribution in [2.24, 2.45) is 0 Å². The average Bonchev–Trinajstić information content (AvgIpc) is 3.05. The van der Waals surface area contributed by atoms with Crippen molar-refractivity contribution >= 4 is 5.91 Å². The van der Waals surface area contributed by atoms with Gasteiger partial charge in [-0.1, -0.05) is 18.9 Å². The molecule has 0 spiro atoms. The Morgan fingerprint density at radius 2 is 1.83 bits per heavy atom. The van der Waals surface area contributed by atoms with Gasteiger partial charge >= 0.3 is 0 Å². The summed E-state index contributed by atoms with van der Waals surface area (Å²) in [5.74, 6) is 1.14. The highest BCUT2D eigenvalue weighted by molar-refractivity contribution is 5.98. The summed E-state index contributed by atoms with van der Waals surface area (Å²) in [5.41, 5.74) is 0.577. The van der Waals surface area contributed by atoms with E-state index in [0.29, 0.717) is 17.1 Å². The maximum absolute atomic E-state index is 13.6. The van der Waals surface area contributed by atoms with Gasteiger partial charge < -0.3 is 24.0 Å². The Balaban J connectivity index is 1.72. The Bertz CT molecular complexity index is 638. The molecule has 2 aliphatic rings. The van der Waals surface area contributed by atoms with E-state index in [2.05, 4.69) is 9.80 Å². The zero-order valence-corrected chi connectivity index (χ0v) is 18.0. The molecule has 1 aromatic rings. The van der Waals surface area contributed by atoms with Crippen LogP contribution in [0.2, 0.25) is 0 Å². The molecule has 0 aromatic heterocycles. The van der Waals surface area contributed by atoms with Gasteiger partial charge in [-0.05, 0) is 63.9 Å². The SMILES string of the molecule is COc1cccc(C(=O)N(CCCN2CCCCCC2)C2CCOCC2)c1OC. The van der Waals surface area contributed by atoms with Gasteiger partial charge in [-0.25, -0.2) is 0 Å². The first-order valence-electron chi connectivity index (χ1n) is 11.1. The number of carbonyl (C=O) groups is 1. The minimum absolute atomic E-state index is 0.0310. The van der Waals surface area contributed by atoms with Crippen molar-refractivity contribution in [2.45, 2.75) is 51.0 Å². The molecule has 6 nitrogen and oxygen atoms in total. The summed E-state index contributed by atoms with van der Waals surface area (Å²) in [6.45, 7) is 5.64. The van der Waals surface area contributed by atoms with Crippen molar-refractivity contribution in [3.8, 4) is 11.5 Å². The highest BCUT2D eigenvalue weighted by atomic mass is 16.5. The summed E-state index contributed by atoms with van der Waals surface area (Å²) < 4.78 is 16.5.